The molecular weight excluding hydrogens is 154 g/mol. The number of nitrogens with two attached hydrogens (primary N) is 1. The van der Waals surface area contributed by atoms with Gasteiger partial charge in [-0.25, -0.2) is 0 Å². The second-order valence-corrected chi connectivity index (χ2v) is 2.55. The molecule has 0 aromatic heterocycles. The molecule has 1 rings (SSSR count). The van der Waals surface area contributed by atoms with Gasteiger partial charge in [-0.1, -0.05) is 17.4 Å². The Hall–Kier alpha value is -1.58. The molecular formula is C8H11N3O. The Kier molecular flexibility index (Phi) is 2.63. The molecule has 0 spiro atoms. The molecule has 0 saturated heterocycles. The Morgan fingerprint density at radius 2 is 2.25 bits per heavy atom. The summed E-state index contributed by atoms with van der Waals surface area (Å²) in [5, 5.41) is 16.1. The second-order valence-electron chi connectivity index (χ2n) is 2.55. The molecule has 1 aromatic rings. The summed E-state index contributed by atoms with van der Waals surface area (Å²) in [7, 11) is 0. The third kappa shape index (κ3) is 1.95. The molecule has 0 fully saturated rings. The summed E-state index contributed by atoms with van der Waals surface area (Å²) in [6.07, 6.45) is 0. The number of hydrogen-bond acceptors (Lipinski definition) is 3. The maximum atomic E-state index is 9.38. The molecule has 1 aromatic carbocycles. The smallest absolute Gasteiger partial charge is 0.120 e. The number of aromatic hydroxyl groups is 1. The number of benzene rings is 1. The van der Waals surface area contributed by atoms with Gasteiger partial charge in [-0.3, -0.25) is 0 Å². The van der Waals surface area contributed by atoms with Crippen LogP contribution in [0.2, 0.25) is 0 Å². The maximum Gasteiger partial charge on any atom is 0.120 e. The molecule has 0 aliphatic carbocycles. The SMILES string of the molecule is Cc1ccc(CN=NN)c(O)c1. The summed E-state index contributed by atoms with van der Waals surface area (Å²) >= 11 is 0. The fourth-order valence-corrected chi connectivity index (χ4v) is 0.925. The van der Waals surface area contributed by atoms with Gasteiger partial charge in [0.2, 0.25) is 0 Å². The van der Waals surface area contributed by atoms with Crippen molar-refractivity contribution in [1.82, 2.24) is 0 Å². The lowest BCUT2D eigenvalue weighted by Gasteiger charge is -2.00. The predicted molar refractivity (Wildman–Crippen MR) is 45.6 cm³/mol. The third-order valence-electron chi connectivity index (χ3n) is 1.56. The van der Waals surface area contributed by atoms with Gasteiger partial charge in [-0.2, -0.15) is 5.11 Å². The Labute approximate surface area is 70.7 Å². The van der Waals surface area contributed by atoms with E-state index in [0.717, 1.165) is 11.1 Å². The monoisotopic (exact) mass is 165 g/mol. The van der Waals surface area contributed by atoms with E-state index < -0.39 is 0 Å². The zero-order valence-corrected chi connectivity index (χ0v) is 6.86. The van der Waals surface area contributed by atoms with Crippen molar-refractivity contribution in [2.24, 2.45) is 16.2 Å². The van der Waals surface area contributed by atoms with Gasteiger partial charge in [-0.15, -0.1) is 0 Å². The van der Waals surface area contributed by atoms with Crippen LogP contribution in [0.4, 0.5) is 0 Å². The molecule has 0 amide bonds. The Morgan fingerprint density at radius 1 is 1.50 bits per heavy atom. The molecule has 64 valence electrons. The Balaban J connectivity index is 2.86. The minimum Gasteiger partial charge on any atom is -0.508 e. The van der Waals surface area contributed by atoms with E-state index in [-0.39, 0.29) is 5.75 Å². The van der Waals surface area contributed by atoms with E-state index in [2.05, 4.69) is 10.3 Å². The second kappa shape index (κ2) is 3.71. The molecule has 12 heavy (non-hydrogen) atoms. The number of phenols is 1. The molecule has 0 heterocycles. The van der Waals surface area contributed by atoms with E-state index in [1.165, 1.54) is 0 Å². The van der Waals surface area contributed by atoms with Crippen molar-refractivity contribution in [3.05, 3.63) is 29.3 Å². The largest absolute Gasteiger partial charge is 0.508 e. The third-order valence-corrected chi connectivity index (χ3v) is 1.56. The van der Waals surface area contributed by atoms with Crippen LogP contribution in [0.1, 0.15) is 11.1 Å². The number of rotatable bonds is 2. The van der Waals surface area contributed by atoms with Gasteiger partial charge >= 0.3 is 0 Å². The molecule has 0 atom stereocenters. The van der Waals surface area contributed by atoms with Crippen LogP contribution < -0.4 is 5.84 Å². The van der Waals surface area contributed by atoms with Crippen LogP contribution in [0.25, 0.3) is 0 Å². The highest BCUT2D eigenvalue weighted by Crippen LogP contribution is 2.18. The first kappa shape index (κ1) is 8.52. The zero-order valence-electron chi connectivity index (χ0n) is 6.86. The first-order chi connectivity index (χ1) is 5.74. The van der Waals surface area contributed by atoms with Crippen LogP contribution in [0.5, 0.6) is 5.75 Å². The fraction of sp³-hybridized carbons (Fsp3) is 0.250. The van der Waals surface area contributed by atoms with Gasteiger partial charge in [0.15, 0.2) is 0 Å². The van der Waals surface area contributed by atoms with Gasteiger partial charge in [-0.05, 0) is 18.6 Å². The van der Waals surface area contributed by atoms with E-state index in [4.69, 9.17) is 5.84 Å². The summed E-state index contributed by atoms with van der Waals surface area (Å²) in [6.45, 7) is 2.23. The molecule has 4 heteroatoms. The summed E-state index contributed by atoms with van der Waals surface area (Å²) in [5.74, 6) is 5.07. The van der Waals surface area contributed by atoms with Crippen molar-refractivity contribution in [2.45, 2.75) is 13.5 Å². The average molecular weight is 165 g/mol. The molecule has 4 nitrogen and oxygen atoms in total. The van der Waals surface area contributed by atoms with E-state index >= 15 is 0 Å². The van der Waals surface area contributed by atoms with E-state index in [1.54, 1.807) is 12.1 Å². The van der Waals surface area contributed by atoms with Gasteiger partial charge in [0.1, 0.15) is 5.75 Å². The Bertz CT molecular complexity index is 296. The van der Waals surface area contributed by atoms with E-state index in [0.29, 0.717) is 6.54 Å². The zero-order chi connectivity index (χ0) is 8.97. The van der Waals surface area contributed by atoms with Gasteiger partial charge < -0.3 is 10.9 Å². The Morgan fingerprint density at radius 3 is 2.83 bits per heavy atom. The fourth-order valence-electron chi connectivity index (χ4n) is 0.925. The maximum absolute atomic E-state index is 9.38. The molecule has 0 aliphatic heterocycles. The quantitative estimate of drug-likeness (QED) is 0.396. The lowest BCUT2D eigenvalue weighted by molar-refractivity contribution is 0.467. The number of nitrogens with zero attached hydrogens (tertiary/aromatic N) is 2. The molecule has 0 radical (unpaired) electrons. The number of aryl methyl sites for hydroxylation is 1. The highest BCUT2D eigenvalue weighted by Gasteiger charge is 1.98. The first-order valence-corrected chi connectivity index (χ1v) is 3.59. The molecule has 3 N–H and O–H groups in total. The standard InChI is InChI=1S/C8H11N3O/c1-6-2-3-7(5-10-11-9)8(12)4-6/h2-4,12H,5H2,1H3,(H2,9,10). The summed E-state index contributed by atoms with van der Waals surface area (Å²) in [6, 6.07) is 5.39. The first-order valence-electron chi connectivity index (χ1n) is 3.59. The molecule has 0 aliphatic rings. The minimum atomic E-state index is 0.238. The minimum absolute atomic E-state index is 0.238. The van der Waals surface area contributed by atoms with Crippen molar-refractivity contribution < 1.29 is 5.11 Å². The lowest BCUT2D eigenvalue weighted by Crippen LogP contribution is -1.84. The highest BCUT2D eigenvalue weighted by molar-refractivity contribution is 5.35. The normalized spacial score (nSPS) is 10.8. The van der Waals surface area contributed by atoms with Crippen molar-refractivity contribution in [1.29, 1.82) is 0 Å². The van der Waals surface area contributed by atoms with Crippen LogP contribution in [-0.2, 0) is 6.54 Å². The van der Waals surface area contributed by atoms with Crippen LogP contribution in [-0.4, -0.2) is 5.11 Å². The van der Waals surface area contributed by atoms with Crippen molar-refractivity contribution in [3.63, 3.8) is 0 Å². The van der Waals surface area contributed by atoms with Crippen LogP contribution in [0.3, 0.4) is 0 Å². The lowest BCUT2D eigenvalue weighted by atomic mass is 10.1. The van der Waals surface area contributed by atoms with Gasteiger partial charge in [0, 0.05) is 5.56 Å². The van der Waals surface area contributed by atoms with Crippen molar-refractivity contribution in [3.8, 4) is 5.75 Å². The summed E-state index contributed by atoms with van der Waals surface area (Å²) in [4.78, 5) is 0. The highest BCUT2D eigenvalue weighted by atomic mass is 16.3. The predicted octanol–water partition coefficient (Wildman–Crippen LogP) is 1.53. The number of hydrogen-bond donors (Lipinski definition) is 2. The van der Waals surface area contributed by atoms with E-state index in [9.17, 15) is 5.11 Å². The van der Waals surface area contributed by atoms with Crippen LogP contribution in [0.15, 0.2) is 28.5 Å². The molecule has 0 bridgehead atoms. The summed E-state index contributed by atoms with van der Waals surface area (Å²) in [5.41, 5.74) is 1.75. The van der Waals surface area contributed by atoms with Gasteiger partial charge in [0.25, 0.3) is 0 Å². The van der Waals surface area contributed by atoms with Crippen molar-refractivity contribution in [2.75, 3.05) is 0 Å². The molecule has 0 saturated carbocycles. The van der Waals surface area contributed by atoms with Gasteiger partial charge in [0.05, 0.1) is 6.54 Å². The van der Waals surface area contributed by atoms with Crippen LogP contribution in [0, 0.1) is 6.92 Å². The topological polar surface area (TPSA) is 71.0 Å². The average Bonchev–Trinajstić information content (AvgIpc) is 2.03. The number of phenolic OH excluding ortho intramolecular Hbond substituents is 1. The van der Waals surface area contributed by atoms with Crippen molar-refractivity contribution >= 4 is 0 Å². The molecule has 0 unspecified atom stereocenters. The van der Waals surface area contributed by atoms with E-state index in [1.807, 2.05) is 13.0 Å². The van der Waals surface area contributed by atoms with Crippen LogP contribution >= 0.6 is 0 Å². The summed E-state index contributed by atoms with van der Waals surface area (Å²) < 4.78 is 0.